The summed E-state index contributed by atoms with van der Waals surface area (Å²) < 4.78 is 15.8. The van der Waals surface area contributed by atoms with Crippen LogP contribution in [0.5, 0.6) is 11.5 Å². The normalized spacial score (nSPS) is 18.1. The van der Waals surface area contributed by atoms with Gasteiger partial charge in [0.25, 0.3) is 0 Å². The van der Waals surface area contributed by atoms with E-state index >= 15 is 0 Å². The Hall–Kier alpha value is -1.50. The Kier molecular flexibility index (Phi) is 5.67. The molecule has 7 heteroatoms. The third kappa shape index (κ3) is 4.23. The minimum Gasteiger partial charge on any atom is -0.493 e. The molecule has 0 spiro atoms. The number of anilines is 1. The predicted molar refractivity (Wildman–Crippen MR) is 80.4 cm³/mol. The highest BCUT2D eigenvalue weighted by atomic mass is 35.5. The second-order valence-corrected chi connectivity index (χ2v) is 5.04. The monoisotopic (exact) mass is 314 g/mol. The van der Waals surface area contributed by atoms with Gasteiger partial charge in [-0.25, -0.2) is 0 Å². The van der Waals surface area contributed by atoms with Crippen LogP contribution in [0, 0.1) is 0 Å². The van der Waals surface area contributed by atoms with Crippen molar-refractivity contribution in [3.63, 3.8) is 0 Å². The van der Waals surface area contributed by atoms with E-state index in [1.54, 1.807) is 12.1 Å². The molecule has 1 heterocycles. The lowest BCUT2D eigenvalue weighted by molar-refractivity contribution is -0.119. The number of rotatable bonds is 5. The van der Waals surface area contributed by atoms with Crippen LogP contribution in [-0.2, 0) is 9.53 Å². The Bertz CT molecular complexity index is 504. The van der Waals surface area contributed by atoms with Crippen molar-refractivity contribution < 1.29 is 19.0 Å². The van der Waals surface area contributed by atoms with E-state index in [0.717, 1.165) is 6.54 Å². The lowest BCUT2D eigenvalue weighted by Crippen LogP contribution is -2.40. The molecule has 1 aliphatic rings. The molecule has 1 aromatic carbocycles. The second-order valence-electron chi connectivity index (χ2n) is 4.64. The number of benzene rings is 1. The molecule has 0 saturated carbocycles. The highest BCUT2D eigenvalue weighted by molar-refractivity contribution is 6.34. The first kappa shape index (κ1) is 15.9. The van der Waals surface area contributed by atoms with Gasteiger partial charge in [0.2, 0.25) is 5.91 Å². The SMILES string of the molecule is COc1cc(Cl)c(NC(=O)CC2CNCCO2)cc1OC. The molecule has 6 nitrogen and oxygen atoms in total. The van der Waals surface area contributed by atoms with Crippen molar-refractivity contribution in [2.24, 2.45) is 0 Å². The maximum atomic E-state index is 12.0. The summed E-state index contributed by atoms with van der Waals surface area (Å²) in [4.78, 5) is 12.0. The van der Waals surface area contributed by atoms with Crippen LogP contribution >= 0.6 is 11.6 Å². The summed E-state index contributed by atoms with van der Waals surface area (Å²) in [6.45, 7) is 2.11. The number of hydrogen-bond acceptors (Lipinski definition) is 5. The molecule has 1 fully saturated rings. The maximum Gasteiger partial charge on any atom is 0.227 e. The largest absolute Gasteiger partial charge is 0.493 e. The number of methoxy groups -OCH3 is 2. The van der Waals surface area contributed by atoms with Gasteiger partial charge in [-0.1, -0.05) is 11.6 Å². The number of ether oxygens (including phenoxy) is 3. The summed E-state index contributed by atoms with van der Waals surface area (Å²) in [7, 11) is 3.05. The first-order valence-electron chi connectivity index (χ1n) is 6.67. The van der Waals surface area contributed by atoms with E-state index in [1.807, 2.05) is 0 Å². The van der Waals surface area contributed by atoms with Crippen LogP contribution in [0.4, 0.5) is 5.69 Å². The van der Waals surface area contributed by atoms with Crippen molar-refractivity contribution in [3.05, 3.63) is 17.2 Å². The smallest absolute Gasteiger partial charge is 0.227 e. The standard InChI is InChI=1S/C14H19ClN2O4/c1-19-12-6-10(15)11(7-13(12)20-2)17-14(18)5-9-8-16-3-4-21-9/h6-7,9,16H,3-5,8H2,1-2H3,(H,17,18). The Morgan fingerprint density at radius 3 is 2.76 bits per heavy atom. The molecule has 1 unspecified atom stereocenters. The van der Waals surface area contributed by atoms with Crippen LogP contribution in [0.25, 0.3) is 0 Å². The van der Waals surface area contributed by atoms with Gasteiger partial charge in [0.15, 0.2) is 11.5 Å². The van der Waals surface area contributed by atoms with E-state index in [0.29, 0.717) is 35.4 Å². The topological polar surface area (TPSA) is 68.8 Å². The zero-order valence-electron chi connectivity index (χ0n) is 12.1. The van der Waals surface area contributed by atoms with Gasteiger partial charge in [-0.3, -0.25) is 4.79 Å². The van der Waals surface area contributed by atoms with Gasteiger partial charge in [-0.2, -0.15) is 0 Å². The zero-order chi connectivity index (χ0) is 15.2. The van der Waals surface area contributed by atoms with Crippen molar-refractivity contribution in [1.29, 1.82) is 0 Å². The molecule has 1 amide bonds. The Morgan fingerprint density at radius 2 is 2.14 bits per heavy atom. The minimum atomic E-state index is -0.155. The van der Waals surface area contributed by atoms with Crippen LogP contribution in [0.15, 0.2) is 12.1 Å². The first-order valence-corrected chi connectivity index (χ1v) is 7.05. The van der Waals surface area contributed by atoms with Gasteiger partial charge in [0.1, 0.15) is 0 Å². The van der Waals surface area contributed by atoms with Crippen molar-refractivity contribution in [1.82, 2.24) is 5.32 Å². The number of carbonyl (C=O) groups excluding carboxylic acids is 1. The van der Waals surface area contributed by atoms with Crippen molar-refractivity contribution in [2.45, 2.75) is 12.5 Å². The maximum absolute atomic E-state index is 12.0. The van der Waals surface area contributed by atoms with E-state index < -0.39 is 0 Å². The van der Waals surface area contributed by atoms with Crippen LogP contribution in [-0.4, -0.2) is 45.9 Å². The Morgan fingerprint density at radius 1 is 1.43 bits per heavy atom. The van der Waals surface area contributed by atoms with Gasteiger partial charge in [-0.05, 0) is 0 Å². The Labute approximate surface area is 128 Å². The summed E-state index contributed by atoms with van der Waals surface area (Å²) in [5.74, 6) is 0.867. The molecule has 2 N–H and O–H groups in total. The van der Waals surface area contributed by atoms with Crippen LogP contribution in [0.3, 0.4) is 0 Å². The average molecular weight is 315 g/mol. The van der Waals surface area contributed by atoms with E-state index in [1.165, 1.54) is 14.2 Å². The second kappa shape index (κ2) is 7.49. The van der Waals surface area contributed by atoms with Gasteiger partial charge in [0, 0.05) is 25.2 Å². The molecule has 1 aliphatic heterocycles. The van der Waals surface area contributed by atoms with Gasteiger partial charge < -0.3 is 24.8 Å². The molecule has 0 bridgehead atoms. The summed E-state index contributed by atoms with van der Waals surface area (Å²) in [6, 6.07) is 3.24. The third-order valence-corrected chi connectivity index (χ3v) is 3.48. The fourth-order valence-electron chi connectivity index (χ4n) is 2.11. The van der Waals surface area contributed by atoms with E-state index in [-0.39, 0.29) is 18.4 Å². The quantitative estimate of drug-likeness (QED) is 0.865. The molecule has 2 rings (SSSR count). The van der Waals surface area contributed by atoms with Crippen molar-refractivity contribution in [2.75, 3.05) is 39.2 Å². The number of hydrogen-bond donors (Lipinski definition) is 2. The number of carbonyl (C=O) groups is 1. The summed E-state index contributed by atoms with van der Waals surface area (Å²) >= 11 is 6.13. The number of halogens is 1. The number of amides is 1. The lowest BCUT2D eigenvalue weighted by Gasteiger charge is -2.23. The lowest BCUT2D eigenvalue weighted by atomic mass is 10.2. The molecule has 116 valence electrons. The molecule has 0 aliphatic carbocycles. The molecule has 0 radical (unpaired) electrons. The van der Waals surface area contributed by atoms with E-state index in [4.69, 9.17) is 25.8 Å². The zero-order valence-corrected chi connectivity index (χ0v) is 12.8. The first-order chi connectivity index (χ1) is 10.1. The highest BCUT2D eigenvalue weighted by Crippen LogP contribution is 2.36. The fraction of sp³-hybridized carbons (Fsp3) is 0.500. The molecular formula is C14H19ClN2O4. The number of nitrogens with one attached hydrogen (secondary N) is 2. The van der Waals surface area contributed by atoms with Crippen molar-refractivity contribution >= 4 is 23.2 Å². The van der Waals surface area contributed by atoms with Crippen LogP contribution in [0.2, 0.25) is 5.02 Å². The molecule has 1 aromatic rings. The van der Waals surface area contributed by atoms with Crippen LogP contribution in [0.1, 0.15) is 6.42 Å². The van der Waals surface area contributed by atoms with Gasteiger partial charge >= 0.3 is 0 Å². The summed E-state index contributed by atoms with van der Waals surface area (Å²) in [5.41, 5.74) is 0.489. The van der Waals surface area contributed by atoms with E-state index in [2.05, 4.69) is 10.6 Å². The fourth-order valence-corrected chi connectivity index (χ4v) is 2.31. The molecular weight excluding hydrogens is 296 g/mol. The summed E-state index contributed by atoms with van der Waals surface area (Å²) in [5, 5.41) is 6.34. The van der Waals surface area contributed by atoms with Gasteiger partial charge in [-0.15, -0.1) is 0 Å². The predicted octanol–water partition coefficient (Wildman–Crippen LogP) is 1.67. The number of morpholine rings is 1. The molecule has 1 atom stereocenters. The van der Waals surface area contributed by atoms with Gasteiger partial charge in [0.05, 0.1) is 44.1 Å². The summed E-state index contributed by atoms with van der Waals surface area (Å²) in [6.07, 6.45) is 0.162. The third-order valence-electron chi connectivity index (χ3n) is 3.16. The average Bonchev–Trinajstić information content (AvgIpc) is 2.49. The molecule has 1 saturated heterocycles. The van der Waals surface area contributed by atoms with Crippen LogP contribution < -0.4 is 20.1 Å². The molecule has 21 heavy (non-hydrogen) atoms. The minimum absolute atomic E-state index is 0.113. The van der Waals surface area contributed by atoms with Crippen molar-refractivity contribution in [3.8, 4) is 11.5 Å². The van der Waals surface area contributed by atoms with E-state index in [9.17, 15) is 4.79 Å². The molecule has 0 aromatic heterocycles. The highest BCUT2D eigenvalue weighted by Gasteiger charge is 2.18. The Balaban J connectivity index is 2.02.